The van der Waals surface area contributed by atoms with Crippen LogP contribution < -0.4 is 0 Å². The van der Waals surface area contributed by atoms with E-state index in [-0.39, 0.29) is 0 Å². The van der Waals surface area contributed by atoms with Gasteiger partial charge in [-0.3, -0.25) is 14.4 Å². The summed E-state index contributed by atoms with van der Waals surface area (Å²) in [6.07, 6.45) is 4.84. The normalized spacial score (nSPS) is 15.8. The maximum Gasteiger partial charge on any atom is 0.152 e. The fourth-order valence-electron chi connectivity index (χ4n) is 3.19. The summed E-state index contributed by atoms with van der Waals surface area (Å²) in [4.78, 5) is 13.8. The molecule has 24 heavy (non-hydrogen) atoms. The van der Waals surface area contributed by atoms with E-state index >= 15 is 0 Å². The quantitative estimate of drug-likeness (QED) is 0.673. The standard InChI is InChI=1S/C18H20N4O2/c23-14-15-13-16-3-1-2-5-22(16)18(15)17-4-6-21(19-17)8-7-20-9-11-24-12-10-20/h1-6,13-14H,7-12H2. The SMILES string of the molecule is O=Cc1cc2ccccn2c1-c1ccn(CCN2CCOCC2)n1. The van der Waals surface area contributed by atoms with E-state index in [9.17, 15) is 4.79 Å². The van der Waals surface area contributed by atoms with Crippen LogP contribution in [0.4, 0.5) is 0 Å². The van der Waals surface area contributed by atoms with Crippen molar-refractivity contribution in [3.05, 3.63) is 48.3 Å². The summed E-state index contributed by atoms with van der Waals surface area (Å²) in [7, 11) is 0. The number of hydrogen-bond acceptors (Lipinski definition) is 4. The molecule has 0 unspecified atom stereocenters. The fraction of sp³-hybridized carbons (Fsp3) is 0.333. The summed E-state index contributed by atoms with van der Waals surface area (Å²) < 4.78 is 9.33. The van der Waals surface area contributed by atoms with Gasteiger partial charge in [0.1, 0.15) is 5.69 Å². The van der Waals surface area contributed by atoms with Gasteiger partial charge in [0.15, 0.2) is 6.29 Å². The molecule has 0 aromatic carbocycles. The van der Waals surface area contributed by atoms with E-state index < -0.39 is 0 Å². The molecule has 0 atom stereocenters. The van der Waals surface area contributed by atoms with E-state index in [1.165, 1.54) is 0 Å². The smallest absolute Gasteiger partial charge is 0.152 e. The van der Waals surface area contributed by atoms with Crippen LogP contribution in [-0.2, 0) is 11.3 Å². The number of nitrogens with zero attached hydrogens (tertiary/aromatic N) is 4. The van der Waals surface area contributed by atoms with Gasteiger partial charge in [0.25, 0.3) is 0 Å². The van der Waals surface area contributed by atoms with Gasteiger partial charge < -0.3 is 9.14 Å². The Kier molecular flexibility index (Phi) is 4.15. The maximum absolute atomic E-state index is 11.4. The predicted octanol–water partition coefficient (Wildman–Crippen LogP) is 1.95. The third-order valence-corrected chi connectivity index (χ3v) is 4.47. The Morgan fingerprint density at radius 3 is 2.83 bits per heavy atom. The average Bonchev–Trinajstić information content (AvgIpc) is 3.24. The maximum atomic E-state index is 11.4. The predicted molar refractivity (Wildman–Crippen MR) is 91.3 cm³/mol. The Hall–Kier alpha value is -2.44. The zero-order valence-electron chi connectivity index (χ0n) is 13.5. The first-order chi connectivity index (χ1) is 11.8. The highest BCUT2D eigenvalue weighted by Crippen LogP contribution is 2.25. The first kappa shape index (κ1) is 15.1. The summed E-state index contributed by atoms with van der Waals surface area (Å²) in [6.45, 7) is 5.37. The topological polar surface area (TPSA) is 51.8 Å². The fourth-order valence-corrected chi connectivity index (χ4v) is 3.19. The van der Waals surface area contributed by atoms with Crippen LogP contribution in [0, 0.1) is 0 Å². The zero-order chi connectivity index (χ0) is 16.4. The van der Waals surface area contributed by atoms with Crippen molar-refractivity contribution in [1.29, 1.82) is 0 Å². The molecule has 0 N–H and O–H groups in total. The van der Waals surface area contributed by atoms with Crippen LogP contribution in [0.15, 0.2) is 42.7 Å². The van der Waals surface area contributed by atoms with Gasteiger partial charge in [-0.25, -0.2) is 0 Å². The van der Waals surface area contributed by atoms with Gasteiger partial charge in [-0.1, -0.05) is 6.07 Å². The van der Waals surface area contributed by atoms with Crippen molar-refractivity contribution in [2.24, 2.45) is 0 Å². The molecule has 124 valence electrons. The van der Waals surface area contributed by atoms with Crippen LogP contribution in [0.3, 0.4) is 0 Å². The minimum Gasteiger partial charge on any atom is -0.379 e. The van der Waals surface area contributed by atoms with Crippen molar-refractivity contribution in [2.75, 3.05) is 32.8 Å². The largest absolute Gasteiger partial charge is 0.379 e. The first-order valence-corrected chi connectivity index (χ1v) is 8.24. The summed E-state index contributed by atoms with van der Waals surface area (Å²) >= 11 is 0. The van der Waals surface area contributed by atoms with E-state index in [4.69, 9.17) is 4.74 Å². The lowest BCUT2D eigenvalue weighted by Crippen LogP contribution is -2.38. The van der Waals surface area contributed by atoms with Crippen molar-refractivity contribution in [1.82, 2.24) is 19.1 Å². The lowest BCUT2D eigenvalue weighted by Gasteiger charge is -2.26. The molecular formula is C18H20N4O2. The monoisotopic (exact) mass is 324 g/mol. The van der Waals surface area contributed by atoms with Crippen LogP contribution in [0.25, 0.3) is 16.9 Å². The number of fused-ring (bicyclic) bond motifs is 1. The lowest BCUT2D eigenvalue weighted by molar-refractivity contribution is 0.0360. The number of carbonyl (C=O) groups is 1. The van der Waals surface area contributed by atoms with Gasteiger partial charge in [-0.2, -0.15) is 5.10 Å². The second kappa shape index (κ2) is 6.59. The molecule has 3 aromatic rings. The lowest BCUT2D eigenvalue weighted by atomic mass is 10.2. The molecule has 4 rings (SSSR count). The molecule has 1 aliphatic heterocycles. The van der Waals surface area contributed by atoms with Crippen molar-refractivity contribution in [3.63, 3.8) is 0 Å². The Balaban J connectivity index is 1.57. The molecule has 0 aliphatic carbocycles. The number of hydrogen-bond donors (Lipinski definition) is 0. The highest BCUT2D eigenvalue weighted by atomic mass is 16.5. The van der Waals surface area contributed by atoms with Crippen LogP contribution in [-0.4, -0.2) is 58.2 Å². The summed E-state index contributed by atoms with van der Waals surface area (Å²) in [5, 5.41) is 4.67. The molecule has 6 nitrogen and oxygen atoms in total. The summed E-state index contributed by atoms with van der Waals surface area (Å²) in [6, 6.07) is 9.79. The van der Waals surface area contributed by atoms with Gasteiger partial charge in [-0.05, 0) is 24.3 Å². The molecular weight excluding hydrogens is 304 g/mol. The first-order valence-electron chi connectivity index (χ1n) is 8.24. The highest BCUT2D eigenvalue weighted by Gasteiger charge is 2.15. The number of aromatic nitrogens is 3. The molecule has 0 bridgehead atoms. The van der Waals surface area contributed by atoms with Crippen molar-refractivity contribution < 1.29 is 9.53 Å². The van der Waals surface area contributed by atoms with Crippen LogP contribution in [0.5, 0.6) is 0 Å². The van der Waals surface area contributed by atoms with Crippen LogP contribution in [0.2, 0.25) is 0 Å². The van der Waals surface area contributed by atoms with Crippen LogP contribution >= 0.6 is 0 Å². The van der Waals surface area contributed by atoms with E-state index in [1.54, 1.807) is 0 Å². The zero-order valence-corrected chi connectivity index (χ0v) is 13.5. The minimum absolute atomic E-state index is 0.666. The number of carbonyl (C=O) groups excluding carboxylic acids is 1. The van der Waals surface area contributed by atoms with E-state index in [0.717, 1.165) is 62.6 Å². The summed E-state index contributed by atoms with van der Waals surface area (Å²) in [5.74, 6) is 0. The number of pyridine rings is 1. The van der Waals surface area contributed by atoms with E-state index in [2.05, 4.69) is 10.00 Å². The minimum atomic E-state index is 0.666. The van der Waals surface area contributed by atoms with Crippen molar-refractivity contribution in [3.8, 4) is 11.4 Å². The third kappa shape index (κ3) is 2.86. The molecule has 1 saturated heterocycles. The third-order valence-electron chi connectivity index (χ3n) is 4.47. The van der Waals surface area contributed by atoms with Gasteiger partial charge in [0.05, 0.1) is 25.5 Å². The molecule has 4 heterocycles. The second-order valence-electron chi connectivity index (χ2n) is 5.98. The van der Waals surface area contributed by atoms with Gasteiger partial charge >= 0.3 is 0 Å². The molecule has 6 heteroatoms. The van der Waals surface area contributed by atoms with Crippen molar-refractivity contribution in [2.45, 2.75) is 6.54 Å². The average molecular weight is 324 g/mol. The number of ether oxygens (including phenoxy) is 1. The number of rotatable bonds is 5. The Bertz CT molecular complexity index is 846. The van der Waals surface area contributed by atoms with E-state index in [0.29, 0.717) is 5.56 Å². The highest BCUT2D eigenvalue weighted by molar-refractivity contribution is 5.89. The Morgan fingerprint density at radius 2 is 2.00 bits per heavy atom. The number of aldehydes is 1. The van der Waals surface area contributed by atoms with Gasteiger partial charge in [-0.15, -0.1) is 0 Å². The molecule has 0 spiro atoms. The van der Waals surface area contributed by atoms with Crippen molar-refractivity contribution >= 4 is 11.8 Å². The van der Waals surface area contributed by atoms with Gasteiger partial charge in [0, 0.05) is 43.1 Å². The molecule has 0 radical (unpaired) electrons. The van der Waals surface area contributed by atoms with Crippen LogP contribution in [0.1, 0.15) is 10.4 Å². The van der Waals surface area contributed by atoms with Gasteiger partial charge in [0.2, 0.25) is 0 Å². The van der Waals surface area contributed by atoms with E-state index in [1.807, 2.05) is 51.8 Å². The second-order valence-corrected chi connectivity index (χ2v) is 5.98. The number of morpholine rings is 1. The summed E-state index contributed by atoms with van der Waals surface area (Å²) in [5.41, 5.74) is 3.34. The molecule has 1 fully saturated rings. The molecule has 0 amide bonds. The molecule has 1 aliphatic rings. The Morgan fingerprint density at radius 1 is 1.12 bits per heavy atom. The molecule has 0 saturated carbocycles. The Labute approximate surface area is 140 Å². The molecule has 3 aromatic heterocycles.